The van der Waals surface area contributed by atoms with E-state index in [2.05, 4.69) is 0 Å². The highest BCUT2D eigenvalue weighted by molar-refractivity contribution is 7.91. The largest absolute Gasteiger partial charge is 0.493 e. The lowest BCUT2D eigenvalue weighted by Crippen LogP contribution is -2.40. The molecule has 7 heteroatoms. The minimum atomic E-state index is -3.12. The molecule has 0 unspecified atom stereocenters. The monoisotopic (exact) mass is 416 g/mol. The Morgan fingerprint density at radius 3 is 2.38 bits per heavy atom. The van der Waals surface area contributed by atoms with Gasteiger partial charge in [-0.25, -0.2) is 8.42 Å². The third-order valence-electron chi connectivity index (χ3n) is 5.13. The zero-order valence-corrected chi connectivity index (χ0v) is 18.0. The van der Waals surface area contributed by atoms with Crippen molar-refractivity contribution < 1.29 is 17.9 Å². The smallest absolute Gasteiger partial charge is 0.258 e. The summed E-state index contributed by atoms with van der Waals surface area (Å²) in [5.41, 5.74) is 2.49. The Balaban J connectivity index is 1.92. The van der Waals surface area contributed by atoms with E-state index in [0.717, 1.165) is 11.3 Å². The van der Waals surface area contributed by atoms with Gasteiger partial charge in [-0.2, -0.15) is 0 Å². The molecule has 0 N–H and O–H groups in total. The van der Waals surface area contributed by atoms with Crippen molar-refractivity contribution in [2.75, 3.05) is 37.1 Å². The third kappa shape index (κ3) is 5.09. The average Bonchev–Trinajstić information content (AvgIpc) is 3.06. The molecular weight excluding hydrogens is 388 g/mol. The Kier molecular flexibility index (Phi) is 6.47. The van der Waals surface area contributed by atoms with Gasteiger partial charge < -0.3 is 14.5 Å². The standard InChI is InChI=1S/C22H28N2O4S/c1-4-28-21-8-6-5-7-20(21)22(25)24(19-13-14-29(26,27)16-19)15-17-9-11-18(12-10-17)23(2)3/h5-12,19H,4,13-16H2,1-3H3/t19-/m1/s1. The summed E-state index contributed by atoms with van der Waals surface area (Å²) in [7, 11) is 0.824. The van der Waals surface area contributed by atoms with Crippen molar-refractivity contribution in [2.45, 2.75) is 25.9 Å². The van der Waals surface area contributed by atoms with Gasteiger partial charge in [0.1, 0.15) is 5.75 Å². The predicted molar refractivity (Wildman–Crippen MR) is 115 cm³/mol. The van der Waals surface area contributed by atoms with Crippen LogP contribution in [-0.2, 0) is 16.4 Å². The maximum Gasteiger partial charge on any atom is 0.258 e. The van der Waals surface area contributed by atoms with Gasteiger partial charge in [-0.3, -0.25) is 4.79 Å². The van der Waals surface area contributed by atoms with Crippen LogP contribution in [0, 0.1) is 0 Å². The number of carbonyl (C=O) groups is 1. The van der Waals surface area contributed by atoms with Gasteiger partial charge in [-0.15, -0.1) is 0 Å². The fraction of sp³-hybridized carbons (Fsp3) is 0.409. The molecule has 29 heavy (non-hydrogen) atoms. The first-order valence-electron chi connectivity index (χ1n) is 9.80. The molecule has 0 radical (unpaired) electrons. The van der Waals surface area contributed by atoms with E-state index in [1.807, 2.05) is 56.3 Å². The molecule has 2 aromatic carbocycles. The van der Waals surface area contributed by atoms with Gasteiger partial charge in [0.15, 0.2) is 9.84 Å². The normalized spacial score (nSPS) is 17.7. The van der Waals surface area contributed by atoms with Crippen LogP contribution in [0.4, 0.5) is 5.69 Å². The zero-order valence-electron chi connectivity index (χ0n) is 17.2. The van der Waals surface area contributed by atoms with Crippen molar-refractivity contribution in [1.82, 2.24) is 4.90 Å². The van der Waals surface area contributed by atoms with Crippen molar-refractivity contribution in [3.05, 3.63) is 59.7 Å². The minimum Gasteiger partial charge on any atom is -0.493 e. The molecule has 1 heterocycles. The highest BCUT2D eigenvalue weighted by atomic mass is 32.2. The molecule has 156 valence electrons. The van der Waals surface area contributed by atoms with E-state index in [-0.39, 0.29) is 23.5 Å². The van der Waals surface area contributed by atoms with Crippen molar-refractivity contribution in [2.24, 2.45) is 0 Å². The van der Waals surface area contributed by atoms with Gasteiger partial charge >= 0.3 is 0 Å². The van der Waals surface area contributed by atoms with Crippen LogP contribution in [0.1, 0.15) is 29.3 Å². The molecule has 1 amide bonds. The van der Waals surface area contributed by atoms with Crippen LogP contribution in [0.3, 0.4) is 0 Å². The zero-order chi connectivity index (χ0) is 21.0. The molecule has 3 rings (SSSR count). The van der Waals surface area contributed by atoms with Crippen molar-refractivity contribution in [3.8, 4) is 5.75 Å². The Hall–Kier alpha value is -2.54. The minimum absolute atomic E-state index is 0.00528. The van der Waals surface area contributed by atoms with Gasteiger partial charge in [0, 0.05) is 32.4 Å². The molecule has 0 bridgehead atoms. The molecule has 0 spiro atoms. The Morgan fingerprint density at radius 2 is 1.79 bits per heavy atom. The summed E-state index contributed by atoms with van der Waals surface area (Å²) in [5, 5.41) is 0. The van der Waals surface area contributed by atoms with Crippen molar-refractivity contribution >= 4 is 21.4 Å². The van der Waals surface area contributed by atoms with Crippen molar-refractivity contribution in [3.63, 3.8) is 0 Å². The average molecular weight is 417 g/mol. The van der Waals surface area contributed by atoms with E-state index in [1.165, 1.54) is 0 Å². The van der Waals surface area contributed by atoms with Crippen molar-refractivity contribution in [1.29, 1.82) is 0 Å². The third-order valence-corrected chi connectivity index (χ3v) is 6.88. The van der Waals surface area contributed by atoms with E-state index in [9.17, 15) is 13.2 Å². The Labute approximate surface area is 173 Å². The van der Waals surface area contributed by atoms with Gasteiger partial charge in [-0.1, -0.05) is 24.3 Å². The second kappa shape index (κ2) is 8.86. The van der Waals surface area contributed by atoms with Gasteiger partial charge in [0.2, 0.25) is 0 Å². The maximum atomic E-state index is 13.5. The first-order chi connectivity index (χ1) is 13.8. The number of nitrogens with zero attached hydrogens (tertiary/aromatic N) is 2. The summed E-state index contributed by atoms with van der Waals surface area (Å²) in [6.45, 7) is 2.68. The van der Waals surface area contributed by atoms with Crippen LogP contribution in [0.15, 0.2) is 48.5 Å². The number of sulfone groups is 1. The first-order valence-corrected chi connectivity index (χ1v) is 11.6. The molecule has 1 aliphatic rings. The number of rotatable bonds is 7. The summed E-state index contributed by atoms with van der Waals surface area (Å²) >= 11 is 0. The van der Waals surface area contributed by atoms with Crippen LogP contribution >= 0.6 is 0 Å². The van der Waals surface area contributed by atoms with Gasteiger partial charge in [-0.05, 0) is 43.2 Å². The lowest BCUT2D eigenvalue weighted by Gasteiger charge is -2.29. The SMILES string of the molecule is CCOc1ccccc1C(=O)N(Cc1ccc(N(C)C)cc1)[C@@H]1CCS(=O)(=O)C1. The number of hydrogen-bond donors (Lipinski definition) is 0. The summed E-state index contributed by atoms with van der Waals surface area (Å²) < 4.78 is 29.8. The highest BCUT2D eigenvalue weighted by Gasteiger charge is 2.35. The lowest BCUT2D eigenvalue weighted by atomic mass is 10.1. The second-order valence-electron chi connectivity index (χ2n) is 7.48. The summed E-state index contributed by atoms with van der Waals surface area (Å²) in [6, 6.07) is 14.7. The molecule has 1 saturated heterocycles. The van der Waals surface area contributed by atoms with E-state index in [0.29, 0.717) is 30.9 Å². The van der Waals surface area contributed by atoms with Gasteiger partial charge in [0.25, 0.3) is 5.91 Å². The van der Waals surface area contributed by atoms with Gasteiger partial charge in [0.05, 0.1) is 23.7 Å². The molecule has 0 saturated carbocycles. The number of carbonyl (C=O) groups excluding carboxylic acids is 1. The fourth-order valence-corrected chi connectivity index (χ4v) is 5.29. The molecular formula is C22H28N2O4S. The molecule has 2 aromatic rings. The number of amides is 1. The van der Waals surface area contributed by atoms with Crippen LogP contribution < -0.4 is 9.64 Å². The highest BCUT2D eigenvalue weighted by Crippen LogP contribution is 2.26. The first kappa shape index (κ1) is 21.2. The number of ether oxygens (including phenoxy) is 1. The quantitative estimate of drug-likeness (QED) is 0.694. The topological polar surface area (TPSA) is 66.9 Å². The van der Waals surface area contributed by atoms with E-state index in [4.69, 9.17) is 4.74 Å². The maximum absolute atomic E-state index is 13.5. The van der Waals surface area contributed by atoms with E-state index >= 15 is 0 Å². The van der Waals surface area contributed by atoms with Crippen LogP contribution in [-0.4, -0.2) is 57.5 Å². The van der Waals surface area contributed by atoms with Crippen LogP contribution in [0.25, 0.3) is 0 Å². The Bertz CT molecular complexity index is 955. The molecule has 1 fully saturated rings. The van der Waals surface area contributed by atoms with E-state index < -0.39 is 9.84 Å². The predicted octanol–water partition coefficient (Wildman–Crippen LogP) is 2.98. The molecule has 0 aromatic heterocycles. The summed E-state index contributed by atoms with van der Waals surface area (Å²) in [5.74, 6) is 0.445. The number of benzene rings is 2. The lowest BCUT2D eigenvalue weighted by molar-refractivity contribution is 0.0676. The molecule has 1 aliphatic heterocycles. The van der Waals surface area contributed by atoms with Crippen LogP contribution in [0.5, 0.6) is 5.75 Å². The Morgan fingerprint density at radius 1 is 1.10 bits per heavy atom. The second-order valence-corrected chi connectivity index (χ2v) is 9.71. The molecule has 6 nitrogen and oxygen atoms in total. The van der Waals surface area contributed by atoms with Crippen LogP contribution in [0.2, 0.25) is 0 Å². The summed E-state index contributed by atoms with van der Waals surface area (Å²) in [6.07, 6.45) is 0.459. The van der Waals surface area contributed by atoms with E-state index in [1.54, 1.807) is 23.1 Å². The summed E-state index contributed by atoms with van der Waals surface area (Å²) in [4.78, 5) is 17.2. The molecule has 1 atom stereocenters. The number of anilines is 1. The molecule has 0 aliphatic carbocycles. The number of para-hydroxylation sites is 1. The fourth-order valence-electron chi connectivity index (χ4n) is 3.56. The number of hydrogen-bond acceptors (Lipinski definition) is 5.